The van der Waals surface area contributed by atoms with Crippen molar-refractivity contribution in [1.82, 2.24) is 9.62 Å². The minimum atomic E-state index is -3.46. The fraction of sp³-hybridized carbons (Fsp3) is 0.654. The van der Waals surface area contributed by atoms with E-state index in [9.17, 15) is 18.0 Å². The van der Waals surface area contributed by atoms with Crippen molar-refractivity contribution in [1.29, 1.82) is 0 Å². The van der Waals surface area contributed by atoms with Gasteiger partial charge in [0.05, 0.1) is 5.75 Å². The lowest BCUT2D eigenvalue weighted by Gasteiger charge is -2.34. The molecule has 2 amide bonds. The molecule has 1 saturated heterocycles. The number of benzene rings is 1. The molecule has 4 rings (SSSR count). The van der Waals surface area contributed by atoms with Crippen molar-refractivity contribution < 1.29 is 18.0 Å². The van der Waals surface area contributed by atoms with E-state index in [4.69, 9.17) is 4.99 Å². The highest BCUT2D eigenvalue weighted by molar-refractivity contribution is 7.89. The molecular weight excluding hydrogens is 464 g/mol. The standard InChI is InChI=1S/C26H38N4O4S/c1-4-20-17-23(27-19(3)31)10-9-21(20)11-16-35(33,34)30-14-12-26(13-15-30)25(32)28-24(29-26)22-7-5-18(2)6-8-22/h9-10,17-18,22H,4-8,11-16H2,1-3H3,(H,27,31)(H,28,29,32). The zero-order valence-corrected chi connectivity index (χ0v) is 21.9. The van der Waals surface area contributed by atoms with E-state index in [1.54, 1.807) is 0 Å². The zero-order chi connectivity index (χ0) is 25.2. The van der Waals surface area contributed by atoms with Crippen molar-refractivity contribution in [2.45, 2.75) is 77.7 Å². The van der Waals surface area contributed by atoms with E-state index in [0.717, 1.165) is 60.7 Å². The van der Waals surface area contributed by atoms with Crippen LogP contribution in [-0.2, 0) is 32.5 Å². The molecule has 0 atom stereocenters. The molecule has 8 nitrogen and oxygen atoms in total. The number of nitrogens with one attached hydrogen (secondary N) is 2. The maximum atomic E-state index is 13.1. The first kappa shape index (κ1) is 25.8. The van der Waals surface area contributed by atoms with Crippen molar-refractivity contribution in [2.24, 2.45) is 16.8 Å². The number of amides is 2. The van der Waals surface area contributed by atoms with E-state index >= 15 is 0 Å². The molecule has 9 heteroatoms. The highest BCUT2D eigenvalue weighted by Gasteiger charge is 2.48. The van der Waals surface area contributed by atoms with Crippen molar-refractivity contribution in [3.05, 3.63) is 29.3 Å². The highest BCUT2D eigenvalue weighted by atomic mass is 32.2. The first-order chi connectivity index (χ1) is 16.6. The second-order valence-corrected chi connectivity index (χ2v) is 12.5. The van der Waals surface area contributed by atoms with Gasteiger partial charge in [0, 0.05) is 31.6 Å². The Balaban J connectivity index is 1.37. The number of carbonyl (C=O) groups excluding carboxylic acids is 2. The molecular formula is C26H38N4O4S. The molecule has 1 spiro atoms. The van der Waals surface area contributed by atoms with Crippen LogP contribution in [0.1, 0.15) is 70.4 Å². The maximum absolute atomic E-state index is 13.1. The van der Waals surface area contributed by atoms with Gasteiger partial charge in [-0.05, 0) is 67.7 Å². The van der Waals surface area contributed by atoms with Crippen molar-refractivity contribution in [2.75, 3.05) is 24.2 Å². The lowest BCUT2D eigenvalue weighted by atomic mass is 9.82. The number of rotatable bonds is 7. The van der Waals surface area contributed by atoms with Gasteiger partial charge >= 0.3 is 0 Å². The first-order valence-corrected chi connectivity index (χ1v) is 14.5. The number of aryl methyl sites for hydroxylation is 2. The van der Waals surface area contributed by atoms with Gasteiger partial charge < -0.3 is 10.6 Å². The normalized spacial score (nSPS) is 24.8. The second kappa shape index (κ2) is 10.4. The second-order valence-electron chi connectivity index (χ2n) is 10.4. The number of carbonyl (C=O) groups is 2. The van der Waals surface area contributed by atoms with Gasteiger partial charge in [-0.3, -0.25) is 14.6 Å². The smallest absolute Gasteiger partial charge is 0.253 e. The van der Waals surface area contributed by atoms with Gasteiger partial charge in [-0.2, -0.15) is 0 Å². The quantitative estimate of drug-likeness (QED) is 0.597. The van der Waals surface area contributed by atoms with Gasteiger partial charge in [-0.15, -0.1) is 0 Å². The summed E-state index contributed by atoms with van der Waals surface area (Å²) in [6, 6.07) is 5.62. The summed E-state index contributed by atoms with van der Waals surface area (Å²) >= 11 is 0. The van der Waals surface area contributed by atoms with Crippen LogP contribution in [0, 0.1) is 11.8 Å². The third kappa shape index (κ3) is 5.77. The SMILES string of the molecule is CCc1cc(NC(C)=O)ccc1CCS(=O)(=O)N1CCC2(CC1)N=C(C1CCC(C)CC1)NC2=O. The fourth-order valence-electron chi connectivity index (χ4n) is 5.59. The Labute approximate surface area is 209 Å². The van der Waals surface area contributed by atoms with Gasteiger partial charge in [-0.25, -0.2) is 12.7 Å². The average Bonchev–Trinajstić information content (AvgIpc) is 3.13. The first-order valence-electron chi connectivity index (χ1n) is 12.9. The summed E-state index contributed by atoms with van der Waals surface area (Å²) in [5.41, 5.74) is 1.93. The summed E-state index contributed by atoms with van der Waals surface area (Å²) in [5, 5.41) is 5.82. The number of anilines is 1. The van der Waals surface area contributed by atoms with Gasteiger partial charge in [0.1, 0.15) is 11.4 Å². The summed E-state index contributed by atoms with van der Waals surface area (Å²) in [7, 11) is -3.46. The van der Waals surface area contributed by atoms with Crippen LogP contribution in [0.25, 0.3) is 0 Å². The number of aliphatic imine (C=N–C) groups is 1. The largest absolute Gasteiger partial charge is 0.326 e. The molecule has 1 aromatic rings. The lowest BCUT2D eigenvalue weighted by Crippen LogP contribution is -2.51. The zero-order valence-electron chi connectivity index (χ0n) is 21.1. The molecule has 35 heavy (non-hydrogen) atoms. The fourth-order valence-corrected chi connectivity index (χ4v) is 7.06. The van der Waals surface area contributed by atoms with Crippen LogP contribution in [0.3, 0.4) is 0 Å². The van der Waals surface area contributed by atoms with Crippen molar-refractivity contribution in [3.63, 3.8) is 0 Å². The summed E-state index contributed by atoms with van der Waals surface area (Å²) in [6.07, 6.45) is 6.46. The van der Waals surface area contributed by atoms with E-state index in [0.29, 0.717) is 38.3 Å². The van der Waals surface area contributed by atoms with Crippen LogP contribution in [0.15, 0.2) is 23.2 Å². The van der Waals surface area contributed by atoms with Crippen LogP contribution in [-0.4, -0.2) is 54.8 Å². The summed E-state index contributed by atoms with van der Waals surface area (Å²) in [4.78, 5) is 29.1. The monoisotopic (exact) mass is 502 g/mol. The molecule has 1 saturated carbocycles. The molecule has 2 N–H and O–H groups in total. The third-order valence-electron chi connectivity index (χ3n) is 7.88. The Kier molecular flexibility index (Phi) is 7.66. The van der Waals surface area contributed by atoms with E-state index < -0.39 is 15.6 Å². The highest BCUT2D eigenvalue weighted by Crippen LogP contribution is 2.36. The van der Waals surface area contributed by atoms with E-state index in [2.05, 4.69) is 17.6 Å². The molecule has 1 aromatic carbocycles. The van der Waals surface area contributed by atoms with Crippen LogP contribution < -0.4 is 10.6 Å². The topological polar surface area (TPSA) is 108 Å². The van der Waals surface area contributed by atoms with E-state index in [-0.39, 0.29) is 17.6 Å². The van der Waals surface area contributed by atoms with Gasteiger partial charge in [0.15, 0.2) is 0 Å². The Hall–Kier alpha value is -2.26. The molecule has 2 aliphatic heterocycles. The number of amidine groups is 1. The minimum Gasteiger partial charge on any atom is -0.326 e. The van der Waals surface area contributed by atoms with E-state index in [1.807, 2.05) is 25.1 Å². The van der Waals surface area contributed by atoms with E-state index in [1.165, 1.54) is 11.2 Å². The van der Waals surface area contributed by atoms with Crippen LogP contribution in [0.5, 0.6) is 0 Å². The van der Waals surface area contributed by atoms with Crippen molar-refractivity contribution in [3.8, 4) is 0 Å². The Bertz CT molecular complexity index is 1100. The Morgan fingerprint density at radius 1 is 1.17 bits per heavy atom. The predicted octanol–water partition coefficient (Wildman–Crippen LogP) is 3.27. The summed E-state index contributed by atoms with van der Waals surface area (Å²) in [5.74, 6) is 1.71. The van der Waals surface area contributed by atoms with Crippen molar-refractivity contribution >= 4 is 33.4 Å². The number of nitrogens with zero attached hydrogens (tertiary/aromatic N) is 2. The average molecular weight is 503 g/mol. The molecule has 0 bridgehead atoms. The minimum absolute atomic E-state index is 0.0213. The maximum Gasteiger partial charge on any atom is 0.253 e. The molecule has 0 aromatic heterocycles. The predicted molar refractivity (Wildman–Crippen MR) is 138 cm³/mol. The van der Waals surface area contributed by atoms with Gasteiger partial charge in [-0.1, -0.05) is 32.8 Å². The molecule has 2 fully saturated rings. The lowest BCUT2D eigenvalue weighted by molar-refractivity contribution is -0.125. The number of hydrogen-bond acceptors (Lipinski definition) is 5. The van der Waals surface area contributed by atoms with Gasteiger partial charge in [0.2, 0.25) is 15.9 Å². The van der Waals surface area contributed by atoms with Crippen LogP contribution in [0.4, 0.5) is 5.69 Å². The number of piperidine rings is 1. The third-order valence-corrected chi connectivity index (χ3v) is 9.75. The summed E-state index contributed by atoms with van der Waals surface area (Å²) in [6.45, 7) is 6.39. The number of sulfonamides is 1. The van der Waals surface area contributed by atoms with Gasteiger partial charge in [0.25, 0.3) is 5.91 Å². The number of hydrogen-bond donors (Lipinski definition) is 2. The summed E-state index contributed by atoms with van der Waals surface area (Å²) < 4.78 is 27.8. The molecule has 3 aliphatic rings. The molecule has 0 unspecified atom stereocenters. The van der Waals surface area contributed by atoms with Crippen LogP contribution >= 0.6 is 0 Å². The molecule has 2 heterocycles. The van der Waals surface area contributed by atoms with Crippen LogP contribution in [0.2, 0.25) is 0 Å². The Morgan fingerprint density at radius 2 is 1.86 bits per heavy atom. The Morgan fingerprint density at radius 3 is 2.49 bits per heavy atom. The molecule has 0 radical (unpaired) electrons. The molecule has 192 valence electrons. The molecule has 1 aliphatic carbocycles.